The highest BCUT2D eigenvalue weighted by Gasteiger charge is 2.20. The van der Waals surface area contributed by atoms with Crippen molar-refractivity contribution in [3.05, 3.63) is 12.2 Å². The molecule has 1 N–H and O–H groups in total. The normalized spacial score (nSPS) is 25.6. The first-order chi connectivity index (χ1) is 7.70. The molecule has 0 aliphatic heterocycles. The molecule has 1 aliphatic carbocycles. The zero-order chi connectivity index (χ0) is 11.8. The molecule has 1 heteroatoms. The molecule has 0 heterocycles. The number of hydrogen-bond donors (Lipinski definition) is 1. The third kappa shape index (κ3) is 5.69. The number of rotatable bonds is 7. The second-order valence-electron chi connectivity index (χ2n) is 5.62. The average molecular weight is 223 g/mol. The lowest BCUT2D eigenvalue weighted by molar-refractivity contribution is 0.237. The van der Waals surface area contributed by atoms with E-state index in [4.69, 9.17) is 0 Å². The molecule has 1 aliphatic rings. The molecule has 1 rings (SSSR count). The van der Waals surface area contributed by atoms with Crippen molar-refractivity contribution in [3.8, 4) is 0 Å². The van der Waals surface area contributed by atoms with Gasteiger partial charge in [0.1, 0.15) is 0 Å². The Labute approximate surface area is 102 Å². The van der Waals surface area contributed by atoms with Crippen LogP contribution in [0.2, 0.25) is 0 Å². The second kappa shape index (κ2) is 7.89. The Kier molecular flexibility index (Phi) is 6.79. The Morgan fingerprint density at radius 3 is 2.69 bits per heavy atom. The van der Waals surface area contributed by atoms with Gasteiger partial charge in [0.15, 0.2) is 0 Å². The van der Waals surface area contributed by atoms with E-state index < -0.39 is 0 Å². The maximum Gasteiger partial charge on any atom is -0.00118 e. The summed E-state index contributed by atoms with van der Waals surface area (Å²) in [4.78, 5) is 0. The molecule has 2 unspecified atom stereocenters. The fourth-order valence-corrected chi connectivity index (χ4v) is 2.74. The molecule has 0 aromatic carbocycles. The summed E-state index contributed by atoms with van der Waals surface area (Å²) in [5.74, 6) is 1.99. The molecule has 0 aromatic rings. The SMILES string of the molecule is C=C(C)CCNCCCC1CCCCC1C. The minimum atomic E-state index is 0.976. The van der Waals surface area contributed by atoms with Gasteiger partial charge in [-0.25, -0.2) is 0 Å². The molecule has 1 nitrogen and oxygen atoms in total. The van der Waals surface area contributed by atoms with Gasteiger partial charge in [0.2, 0.25) is 0 Å². The van der Waals surface area contributed by atoms with Crippen LogP contribution in [0.5, 0.6) is 0 Å². The lowest BCUT2D eigenvalue weighted by Gasteiger charge is -2.28. The van der Waals surface area contributed by atoms with Crippen molar-refractivity contribution < 1.29 is 0 Å². The Morgan fingerprint density at radius 1 is 1.25 bits per heavy atom. The Balaban J connectivity index is 1.95. The van der Waals surface area contributed by atoms with Gasteiger partial charge in [0.05, 0.1) is 0 Å². The smallest absolute Gasteiger partial charge is 0.00118 e. The van der Waals surface area contributed by atoms with Crippen LogP contribution in [0, 0.1) is 11.8 Å². The van der Waals surface area contributed by atoms with Crippen molar-refractivity contribution in [1.29, 1.82) is 0 Å². The van der Waals surface area contributed by atoms with Crippen LogP contribution in [0.3, 0.4) is 0 Å². The first-order valence-electron chi connectivity index (χ1n) is 7.05. The molecule has 2 atom stereocenters. The topological polar surface area (TPSA) is 12.0 Å². The molecule has 1 fully saturated rings. The highest BCUT2D eigenvalue weighted by atomic mass is 14.8. The molecular formula is C15H29N. The predicted octanol–water partition coefficient (Wildman–Crippen LogP) is 4.15. The molecule has 16 heavy (non-hydrogen) atoms. The fraction of sp³-hybridized carbons (Fsp3) is 0.867. The predicted molar refractivity (Wildman–Crippen MR) is 72.7 cm³/mol. The fourth-order valence-electron chi connectivity index (χ4n) is 2.74. The quantitative estimate of drug-likeness (QED) is 0.505. The van der Waals surface area contributed by atoms with Crippen LogP contribution in [-0.4, -0.2) is 13.1 Å². The zero-order valence-electron chi connectivity index (χ0n) is 11.2. The standard InChI is InChI=1S/C15H29N/c1-13(2)10-12-16-11-6-9-15-8-5-4-7-14(15)3/h14-16H,1,4-12H2,2-3H3. The highest BCUT2D eigenvalue weighted by Crippen LogP contribution is 2.32. The van der Waals surface area contributed by atoms with Crippen LogP contribution < -0.4 is 5.32 Å². The van der Waals surface area contributed by atoms with E-state index in [1.54, 1.807) is 0 Å². The summed E-state index contributed by atoms with van der Waals surface area (Å²) in [6, 6.07) is 0. The van der Waals surface area contributed by atoms with Gasteiger partial charge in [-0.15, -0.1) is 6.58 Å². The lowest BCUT2D eigenvalue weighted by Crippen LogP contribution is -2.21. The number of nitrogens with one attached hydrogen (secondary N) is 1. The lowest BCUT2D eigenvalue weighted by atomic mass is 9.78. The summed E-state index contributed by atoms with van der Waals surface area (Å²) in [7, 11) is 0. The summed E-state index contributed by atoms with van der Waals surface area (Å²) >= 11 is 0. The van der Waals surface area contributed by atoms with Crippen molar-refractivity contribution in [2.75, 3.05) is 13.1 Å². The van der Waals surface area contributed by atoms with Crippen LogP contribution in [0.15, 0.2) is 12.2 Å². The molecule has 0 aromatic heterocycles. The van der Waals surface area contributed by atoms with Gasteiger partial charge in [0, 0.05) is 0 Å². The monoisotopic (exact) mass is 223 g/mol. The highest BCUT2D eigenvalue weighted by molar-refractivity contribution is 4.88. The van der Waals surface area contributed by atoms with E-state index in [2.05, 4.69) is 25.7 Å². The molecular weight excluding hydrogens is 194 g/mol. The molecule has 0 spiro atoms. The Hall–Kier alpha value is -0.300. The largest absolute Gasteiger partial charge is 0.316 e. The number of hydrogen-bond acceptors (Lipinski definition) is 1. The van der Waals surface area contributed by atoms with Gasteiger partial charge in [-0.3, -0.25) is 0 Å². The zero-order valence-corrected chi connectivity index (χ0v) is 11.2. The van der Waals surface area contributed by atoms with Crippen LogP contribution in [0.4, 0.5) is 0 Å². The van der Waals surface area contributed by atoms with Crippen molar-refractivity contribution in [2.24, 2.45) is 11.8 Å². The van der Waals surface area contributed by atoms with Gasteiger partial charge in [-0.1, -0.05) is 38.2 Å². The van der Waals surface area contributed by atoms with E-state index in [1.807, 2.05) is 0 Å². The minimum Gasteiger partial charge on any atom is -0.316 e. The average Bonchev–Trinajstić information content (AvgIpc) is 2.25. The maximum atomic E-state index is 3.92. The van der Waals surface area contributed by atoms with Crippen molar-refractivity contribution in [3.63, 3.8) is 0 Å². The van der Waals surface area contributed by atoms with Gasteiger partial charge < -0.3 is 5.32 Å². The molecule has 0 bridgehead atoms. The summed E-state index contributed by atoms with van der Waals surface area (Å²) < 4.78 is 0. The summed E-state index contributed by atoms with van der Waals surface area (Å²) in [6.07, 6.45) is 9.79. The maximum absolute atomic E-state index is 3.92. The molecule has 1 saturated carbocycles. The van der Waals surface area contributed by atoms with Crippen molar-refractivity contribution in [1.82, 2.24) is 5.32 Å². The van der Waals surface area contributed by atoms with Crippen LogP contribution >= 0.6 is 0 Å². The summed E-state index contributed by atoms with van der Waals surface area (Å²) in [6.45, 7) is 10.8. The Bertz CT molecular complexity index is 198. The Morgan fingerprint density at radius 2 is 2.00 bits per heavy atom. The minimum absolute atomic E-state index is 0.976. The van der Waals surface area contributed by atoms with E-state index in [-0.39, 0.29) is 0 Å². The van der Waals surface area contributed by atoms with Gasteiger partial charge in [-0.05, 0) is 51.1 Å². The third-order valence-electron chi connectivity index (χ3n) is 3.95. The van der Waals surface area contributed by atoms with Gasteiger partial charge in [0.25, 0.3) is 0 Å². The van der Waals surface area contributed by atoms with E-state index in [1.165, 1.54) is 50.6 Å². The molecule has 0 radical (unpaired) electrons. The van der Waals surface area contributed by atoms with Crippen molar-refractivity contribution >= 4 is 0 Å². The van der Waals surface area contributed by atoms with Gasteiger partial charge in [-0.2, -0.15) is 0 Å². The summed E-state index contributed by atoms with van der Waals surface area (Å²) in [5, 5.41) is 3.51. The van der Waals surface area contributed by atoms with Gasteiger partial charge >= 0.3 is 0 Å². The molecule has 0 amide bonds. The summed E-state index contributed by atoms with van der Waals surface area (Å²) in [5.41, 5.74) is 1.29. The second-order valence-corrected chi connectivity index (χ2v) is 5.62. The molecule has 0 saturated heterocycles. The van der Waals surface area contributed by atoms with Crippen molar-refractivity contribution in [2.45, 2.75) is 58.8 Å². The van der Waals surface area contributed by atoms with Crippen LogP contribution in [0.25, 0.3) is 0 Å². The third-order valence-corrected chi connectivity index (χ3v) is 3.95. The van der Waals surface area contributed by atoms with Crippen LogP contribution in [0.1, 0.15) is 58.8 Å². The first-order valence-corrected chi connectivity index (χ1v) is 7.05. The van der Waals surface area contributed by atoms with E-state index in [0.29, 0.717) is 0 Å². The molecule has 94 valence electrons. The van der Waals surface area contributed by atoms with E-state index in [9.17, 15) is 0 Å². The van der Waals surface area contributed by atoms with E-state index in [0.717, 1.165) is 24.8 Å². The first kappa shape index (κ1) is 13.8. The van der Waals surface area contributed by atoms with Crippen LogP contribution in [-0.2, 0) is 0 Å². The van der Waals surface area contributed by atoms with E-state index >= 15 is 0 Å².